The van der Waals surface area contributed by atoms with E-state index >= 15 is 0 Å². The Balaban J connectivity index is 0. The third-order valence-electron chi connectivity index (χ3n) is 0.605. The molecule has 0 aliphatic heterocycles. The van der Waals surface area contributed by atoms with Crippen LogP contribution in [0.15, 0.2) is 18.6 Å². The van der Waals surface area contributed by atoms with Crippen LogP contribution in [0.4, 0.5) is 5.82 Å². The zero-order valence-electron chi connectivity index (χ0n) is 8.61. The number of hydrogen-bond acceptors (Lipinski definition) is 4. The second-order valence-corrected chi connectivity index (χ2v) is 3.25. The molecule has 0 saturated heterocycles. The molecular weight excluding hydrogens is 193 g/mol. The van der Waals surface area contributed by atoms with E-state index in [2.05, 4.69) is 9.97 Å². The Morgan fingerprint density at radius 1 is 1.38 bits per heavy atom. The Bertz CT molecular complexity index is 204. The molecule has 0 amide bonds. The molecule has 1 heterocycles. The zero-order chi connectivity index (χ0) is 9.61. The SMILES string of the molecule is CC(C)(C)[O-].Nc1ccncn1.[K+]. The molecule has 0 bridgehead atoms. The first-order valence-corrected chi connectivity index (χ1v) is 3.61. The van der Waals surface area contributed by atoms with Crippen LogP contribution in [0, 0.1) is 0 Å². The Morgan fingerprint density at radius 2 is 1.85 bits per heavy atom. The molecule has 2 N–H and O–H groups in total. The van der Waals surface area contributed by atoms with Crippen LogP contribution in [-0.2, 0) is 0 Å². The van der Waals surface area contributed by atoms with Gasteiger partial charge in [-0.3, -0.25) is 0 Å². The van der Waals surface area contributed by atoms with Crippen molar-refractivity contribution in [1.29, 1.82) is 0 Å². The summed E-state index contributed by atoms with van der Waals surface area (Å²) in [5, 5.41) is 10.1. The van der Waals surface area contributed by atoms with Gasteiger partial charge in [0.1, 0.15) is 12.1 Å². The van der Waals surface area contributed by atoms with Gasteiger partial charge < -0.3 is 10.8 Å². The largest absolute Gasteiger partial charge is 1.00 e. The van der Waals surface area contributed by atoms with Crippen LogP contribution in [0.5, 0.6) is 0 Å². The van der Waals surface area contributed by atoms with Crippen molar-refractivity contribution in [3.63, 3.8) is 0 Å². The minimum Gasteiger partial charge on any atom is -0.850 e. The van der Waals surface area contributed by atoms with Gasteiger partial charge in [-0.1, -0.05) is 20.8 Å². The fraction of sp³-hybridized carbons (Fsp3) is 0.500. The van der Waals surface area contributed by atoms with Crippen molar-refractivity contribution in [1.82, 2.24) is 9.97 Å². The van der Waals surface area contributed by atoms with Gasteiger partial charge in [-0.05, 0) is 6.07 Å². The molecule has 0 aromatic carbocycles. The summed E-state index contributed by atoms with van der Waals surface area (Å²) in [6.07, 6.45) is 3.01. The molecule has 4 nitrogen and oxygen atoms in total. The van der Waals surface area contributed by atoms with E-state index in [9.17, 15) is 5.11 Å². The molecule has 0 atom stereocenters. The van der Waals surface area contributed by atoms with Gasteiger partial charge in [0.15, 0.2) is 0 Å². The van der Waals surface area contributed by atoms with Crippen molar-refractivity contribution in [3.8, 4) is 0 Å². The van der Waals surface area contributed by atoms with E-state index in [1.54, 1.807) is 33.0 Å². The Labute approximate surface area is 121 Å². The monoisotopic (exact) mass is 207 g/mol. The summed E-state index contributed by atoms with van der Waals surface area (Å²) < 4.78 is 0. The average molecular weight is 207 g/mol. The molecule has 1 aromatic heterocycles. The first kappa shape index (κ1) is 15.9. The minimum absolute atomic E-state index is 0. The Hall–Kier alpha value is 0.476. The molecule has 1 rings (SSSR count). The summed E-state index contributed by atoms with van der Waals surface area (Å²) in [5.41, 5.74) is 4.46. The summed E-state index contributed by atoms with van der Waals surface area (Å²) >= 11 is 0. The van der Waals surface area contributed by atoms with Gasteiger partial charge in [0, 0.05) is 6.20 Å². The maximum Gasteiger partial charge on any atom is 1.00 e. The molecule has 0 saturated carbocycles. The van der Waals surface area contributed by atoms with Crippen LogP contribution in [0.25, 0.3) is 0 Å². The summed E-state index contributed by atoms with van der Waals surface area (Å²) in [6, 6.07) is 1.64. The van der Waals surface area contributed by atoms with Crippen LogP contribution in [0.1, 0.15) is 20.8 Å². The van der Waals surface area contributed by atoms with Gasteiger partial charge in [-0.25, -0.2) is 9.97 Å². The predicted molar refractivity (Wildman–Crippen MR) is 46.2 cm³/mol. The Kier molecular flexibility index (Phi) is 9.61. The molecule has 0 radical (unpaired) electrons. The topological polar surface area (TPSA) is 74.9 Å². The summed E-state index contributed by atoms with van der Waals surface area (Å²) in [5.74, 6) is 0.509. The minimum atomic E-state index is -0.750. The van der Waals surface area contributed by atoms with E-state index in [4.69, 9.17) is 5.73 Å². The van der Waals surface area contributed by atoms with Gasteiger partial charge >= 0.3 is 51.4 Å². The smallest absolute Gasteiger partial charge is 0.850 e. The van der Waals surface area contributed by atoms with E-state index < -0.39 is 5.60 Å². The third-order valence-corrected chi connectivity index (χ3v) is 0.605. The molecule has 13 heavy (non-hydrogen) atoms. The molecule has 0 fully saturated rings. The summed E-state index contributed by atoms with van der Waals surface area (Å²) in [6.45, 7) is 4.90. The van der Waals surface area contributed by atoms with Gasteiger partial charge in [-0.15, -0.1) is 5.60 Å². The van der Waals surface area contributed by atoms with E-state index in [0.717, 1.165) is 0 Å². The van der Waals surface area contributed by atoms with Gasteiger partial charge in [0.05, 0.1) is 0 Å². The maximum absolute atomic E-state index is 10.1. The molecule has 0 aliphatic carbocycles. The Morgan fingerprint density at radius 3 is 2.00 bits per heavy atom. The van der Waals surface area contributed by atoms with Crippen molar-refractivity contribution in [2.75, 3.05) is 5.73 Å². The van der Waals surface area contributed by atoms with Crippen molar-refractivity contribution in [2.45, 2.75) is 26.4 Å². The van der Waals surface area contributed by atoms with Gasteiger partial charge in [0.25, 0.3) is 0 Å². The average Bonchev–Trinajstić information content (AvgIpc) is 1.85. The number of nitrogen functional groups attached to an aromatic ring is 1. The molecule has 0 aliphatic rings. The number of aromatic nitrogens is 2. The van der Waals surface area contributed by atoms with Gasteiger partial charge in [-0.2, -0.15) is 0 Å². The zero-order valence-corrected chi connectivity index (χ0v) is 11.7. The first-order valence-electron chi connectivity index (χ1n) is 3.61. The van der Waals surface area contributed by atoms with Crippen molar-refractivity contribution in [2.24, 2.45) is 0 Å². The van der Waals surface area contributed by atoms with Crippen LogP contribution in [0.3, 0.4) is 0 Å². The van der Waals surface area contributed by atoms with Crippen molar-refractivity contribution >= 4 is 5.82 Å². The number of rotatable bonds is 0. The van der Waals surface area contributed by atoms with E-state index in [1.165, 1.54) is 6.33 Å². The quantitative estimate of drug-likeness (QED) is 0.467. The molecule has 5 heteroatoms. The molecule has 68 valence electrons. The normalized spacial score (nSPS) is 9.23. The first-order chi connectivity index (χ1) is 5.39. The van der Waals surface area contributed by atoms with E-state index in [-0.39, 0.29) is 51.4 Å². The molecule has 1 aromatic rings. The standard InChI is InChI=1S/C4H5N3.C4H9O.K/c5-4-1-2-6-3-7-4;1-4(2,3)5;/h1-3H,(H2,5,6,7);1-3H3;/q;-1;+1. The number of hydrogen-bond donors (Lipinski definition) is 1. The third kappa shape index (κ3) is 19.1. The number of anilines is 1. The maximum atomic E-state index is 10.1. The van der Waals surface area contributed by atoms with Crippen LogP contribution >= 0.6 is 0 Å². The summed E-state index contributed by atoms with van der Waals surface area (Å²) in [7, 11) is 0. The molecule has 0 spiro atoms. The second kappa shape index (κ2) is 7.84. The second-order valence-electron chi connectivity index (χ2n) is 3.25. The fourth-order valence-electron chi connectivity index (χ4n) is 0.301. The van der Waals surface area contributed by atoms with Gasteiger partial charge in [0.2, 0.25) is 0 Å². The van der Waals surface area contributed by atoms with E-state index in [0.29, 0.717) is 5.82 Å². The van der Waals surface area contributed by atoms with Crippen LogP contribution in [-0.4, -0.2) is 15.6 Å². The van der Waals surface area contributed by atoms with E-state index in [1.807, 2.05) is 0 Å². The fourth-order valence-corrected chi connectivity index (χ4v) is 0.301. The van der Waals surface area contributed by atoms with Crippen molar-refractivity contribution < 1.29 is 56.5 Å². The predicted octanol–water partition coefficient (Wildman–Crippen LogP) is -2.79. The van der Waals surface area contributed by atoms with Crippen LogP contribution in [0.2, 0.25) is 0 Å². The number of nitrogens with zero attached hydrogens (tertiary/aromatic N) is 2. The summed E-state index contributed by atoms with van der Waals surface area (Å²) in [4.78, 5) is 7.30. The van der Waals surface area contributed by atoms with Crippen LogP contribution < -0.4 is 62.2 Å². The molecule has 0 unspecified atom stereocenters. The van der Waals surface area contributed by atoms with Crippen molar-refractivity contribution in [3.05, 3.63) is 18.6 Å². The molecular formula is C8H14KN3O. The number of nitrogens with two attached hydrogens (primary N) is 1.